The number of para-hydroxylation sites is 1. The van der Waals surface area contributed by atoms with Gasteiger partial charge in [0.25, 0.3) is 11.6 Å². The number of thiazole rings is 1. The lowest BCUT2D eigenvalue weighted by atomic mass is 10.1. The van der Waals surface area contributed by atoms with Crippen LogP contribution in [0.3, 0.4) is 0 Å². The first-order valence-electron chi connectivity index (χ1n) is 8.22. The summed E-state index contributed by atoms with van der Waals surface area (Å²) in [5.74, 6) is -0.356. The number of nitrogens with one attached hydrogen (secondary N) is 1. The summed E-state index contributed by atoms with van der Waals surface area (Å²) in [6, 6.07) is 15.3. The summed E-state index contributed by atoms with van der Waals surface area (Å²) in [5, 5.41) is 20.4. The largest absolute Gasteiger partial charge is 0.298 e. The Bertz CT molecular complexity index is 1120. The van der Waals surface area contributed by atoms with Crippen molar-refractivity contribution in [3.8, 4) is 16.9 Å². The van der Waals surface area contributed by atoms with Crippen molar-refractivity contribution in [2.45, 2.75) is 0 Å². The molecule has 0 aliphatic rings. The molecule has 2 heterocycles. The average molecular weight is 391 g/mol. The molecule has 1 amide bonds. The number of aromatic nitrogens is 3. The predicted molar refractivity (Wildman–Crippen MR) is 106 cm³/mol. The zero-order chi connectivity index (χ0) is 19.5. The van der Waals surface area contributed by atoms with Crippen LogP contribution in [0.5, 0.6) is 0 Å². The standard InChI is InChI=1S/C19H13N5O3S/c25-18(21-19-20-10-11-28-19)16-12-23(14-4-2-1-3-5-14)22-17(16)13-6-8-15(9-7-13)24(26)27/h1-12H,(H,20,21,25). The third kappa shape index (κ3) is 3.51. The van der Waals surface area contributed by atoms with Gasteiger partial charge in [0.15, 0.2) is 5.13 Å². The Balaban J connectivity index is 1.77. The molecule has 28 heavy (non-hydrogen) atoms. The fourth-order valence-corrected chi connectivity index (χ4v) is 3.18. The Kier molecular flexibility index (Phi) is 4.65. The first-order chi connectivity index (χ1) is 13.6. The molecule has 0 aliphatic carbocycles. The topological polar surface area (TPSA) is 103 Å². The lowest BCUT2D eigenvalue weighted by molar-refractivity contribution is -0.384. The van der Waals surface area contributed by atoms with Gasteiger partial charge < -0.3 is 0 Å². The fraction of sp³-hybridized carbons (Fsp3) is 0. The summed E-state index contributed by atoms with van der Waals surface area (Å²) in [7, 11) is 0. The summed E-state index contributed by atoms with van der Waals surface area (Å²) in [6.45, 7) is 0. The van der Waals surface area contributed by atoms with Crippen LogP contribution in [-0.4, -0.2) is 25.6 Å². The lowest BCUT2D eigenvalue weighted by Crippen LogP contribution is -2.12. The Morgan fingerprint density at radius 3 is 2.50 bits per heavy atom. The molecule has 0 fully saturated rings. The number of benzene rings is 2. The Hall–Kier alpha value is -3.85. The van der Waals surface area contributed by atoms with E-state index in [0.29, 0.717) is 22.0 Å². The molecule has 1 N–H and O–H groups in total. The van der Waals surface area contributed by atoms with Gasteiger partial charge in [-0.25, -0.2) is 9.67 Å². The smallest absolute Gasteiger partial charge is 0.269 e. The molecule has 0 radical (unpaired) electrons. The summed E-state index contributed by atoms with van der Waals surface area (Å²) in [6.07, 6.45) is 3.24. The van der Waals surface area contributed by atoms with Crippen LogP contribution < -0.4 is 5.32 Å². The van der Waals surface area contributed by atoms with E-state index in [0.717, 1.165) is 5.69 Å². The number of anilines is 1. The van der Waals surface area contributed by atoms with Crippen molar-refractivity contribution in [3.63, 3.8) is 0 Å². The van der Waals surface area contributed by atoms with E-state index in [4.69, 9.17) is 0 Å². The number of carbonyl (C=O) groups excluding carboxylic acids is 1. The number of hydrogen-bond donors (Lipinski definition) is 1. The van der Waals surface area contributed by atoms with Crippen molar-refractivity contribution in [2.75, 3.05) is 5.32 Å². The van der Waals surface area contributed by atoms with Crippen LogP contribution in [0.4, 0.5) is 10.8 Å². The van der Waals surface area contributed by atoms with E-state index in [1.807, 2.05) is 30.3 Å². The summed E-state index contributed by atoms with van der Waals surface area (Å²) < 4.78 is 1.60. The maximum Gasteiger partial charge on any atom is 0.269 e. The van der Waals surface area contributed by atoms with Crippen molar-refractivity contribution in [1.29, 1.82) is 0 Å². The van der Waals surface area contributed by atoms with Gasteiger partial charge in [-0.2, -0.15) is 5.10 Å². The van der Waals surface area contributed by atoms with E-state index in [1.165, 1.54) is 23.5 Å². The summed E-state index contributed by atoms with van der Waals surface area (Å²) in [4.78, 5) is 27.3. The average Bonchev–Trinajstić information content (AvgIpc) is 3.38. The molecule has 138 valence electrons. The number of carbonyl (C=O) groups is 1. The molecule has 0 unspecified atom stereocenters. The number of non-ortho nitro benzene ring substituents is 1. The molecule has 4 aromatic rings. The van der Waals surface area contributed by atoms with E-state index in [1.54, 1.807) is 34.6 Å². The second kappa shape index (κ2) is 7.41. The minimum Gasteiger partial charge on any atom is -0.298 e. The van der Waals surface area contributed by atoms with Crippen LogP contribution in [-0.2, 0) is 0 Å². The fourth-order valence-electron chi connectivity index (χ4n) is 2.66. The number of hydrogen-bond acceptors (Lipinski definition) is 6. The Labute approximate surface area is 163 Å². The van der Waals surface area contributed by atoms with Crippen LogP contribution in [0.1, 0.15) is 10.4 Å². The van der Waals surface area contributed by atoms with Crippen LogP contribution in [0.2, 0.25) is 0 Å². The molecule has 4 rings (SSSR count). The van der Waals surface area contributed by atoms with Crippen LogP contribution in [0.25, 0.3) is 16.9 Å². The van der Waals surface area contributed by atoms with Crippen molar-refractivity contribution in [3.05, 3.63) is 88.0 Å². The summed E-state index contributed by atoms with van der Waals surface area (Å²) in [5.41, 5.74) is 2.13. The second-order valence-corrected chi connectivity index (χ2v) is 6.66. The number of nitro groups is 1. The highest BCUT2D eigenvalue weighted by Gasteiger charge is 2.20. The van der Waals surface area contributed by atoms with Crippen LogP contribution in [0.15, 0.2) is 72.4 Å². The highest BCUT2D eigenvalue weighted by Crippen LogP contribution is 2.27. The molecule has 0 spiro atoms. The lowest BCUT2D eigenvalue weighted by Gasteiger charge is -2.02. The zero-order valence-electron chi connectivity index (χ0n) is 14.4. The first-order valence-corrected chi connectivity index (χ1v) is 9.10. The molecule has 0 saturated heterocycles. The van der Waals surface area contributed by atoms with Crippen molar-refractivity contribution < 1.29 is 9.72 Å². The van der Waals surface area contributed by atoms with E-state index < -0.39 is 4.92 Å². The number of nitrogens with zero attached hydrogens (tertiary/aromatic N) is 4. The molecule has 8 nitrogen and oxygen atoms in total. The van der Waals surface area contributed by atoms with Gasteiger partial charge in [-0.1, -0.05) is 18.2 Å². The predicted octanol–water partition coefficient (Wildman–Crippen LogP) is 4.16. The molecule has 2 aromatic carbocycles. The third-order valence-corrected chi connectivity index (χ3v) is 4.67. The van der Waals surface area contributed by atoms with E-state index in [-0.39, 0.29) is 11.6 Å². The van der Waals surface area contributed by atoms with Crippen molar-refractivity contribution in [1.82, 2.24) is 14.8 Å². The number of rotatable bonds is 5. The van der Waals surface area contributed by atoms with Crippen molar-refractivity contribution >= 4 is 28.1 Å². The molecule has 2 aromatic heterocycles. The van der Waals surface area contributed by atoms with Gasteiger partial charge >= 0.3 is 0 Å². The summed E-state index contributed by atoms with van der Waals surface area (Å²) >= 11 is 1.31. The van der Waals surface area contributed by atoms with Crippen LogP contribution in [0, 0.1) is 10.1 Å². The molecule has 0 bridgehead atoms. The quantitative estimate of drug-likeness (QED) is 0.406. The third-order valence-electron chi connectivity index (χ3n) is 3.98. The zero-order valence-corrected chi connectivity index (χ0v) is 15.2. The molecular formula is C19H13N5O3S. The van der Waals surface area contributed by atoms with Gasteiger partial charge in [-0.05, 0) is 24.3 Å². The van der Waals surface area contributed by atoms with Crippen LogP contribution >= 0.6 is 11.3 Å². The Morgan fingerprint density at radius 1 is 1.11 bits per heavy atom. The first kappa shape index (κ1) is 17.6. The monoisotopic (exact) mass is 391 g/mol. The Morgan fingerprint density at radius 2 is 1.86 bits per heavy atom. The molecule has 9 heteroatoms. The van der Waals surface area contributed by atoms with Gasteiger partial charge in [-0.3, -0.25) is 20.2 Å². The van der Waals surface area contributed by atoms with Gasteiger partial charge in [-0.15, -0.1) is 11.3 Å². The van der Waals surface area contributed by atoms with E-state index in [2.05, 4.69) is 15.4 Å². The molecule has 0 saturated carbocycles. The normalized spacial score (nSPS) is 10.6. The highest BCUT2D eigenvalue weighted by atomic mass is 32.1. The van der Waals surface area contributed by atoms with Gasteiger partial charge in [0.2, 0.25) is 0 Å². The maximum absolute atomic E-state index is 12.8. The minimum atomic E-state index is -0.470. The van der Waals surface area contributed by atoms with Gasteiger partial charge in [0.1, 0.15) is 5.69 Å². The molecule has 0 aliphatic heterocycles. The SMILES string of the molecule is O=C(Nc1nccs1)c1cn(-c2ccccc2)nc1-c1ccc([N+](=O)[O-])cc1. The van der Waals surface area contributed by atoms with E-state index in [9.17, 15) is 14.9 Å². The highest BCUT2D eigenvalue weighted by molar-refractivity contribution is 7.13. The second-order valence-electron chi connectivity index (χ2n) is 5.77. The number of nitro benzene ring substituents is 1. The van der Waals surface area contributed by atoms with Crippen molar-refractivity contribution in [2.24, 2.45) is 0 Å². The van der Waals surface area contributed by atoms with Gasteiger partial charge in [0, 0.05) is 35.5 Å². The number of amides is 1. The minimum absolute atomic E-state index is 0.0278. The van der Waals surface area contributed by atoms with E-state index >= 15 is 0 Å². The molecule has 0 atom stereocenters. The van der Waals surface area contributed by atoms with Gasteiger partial charge in [0.05, 0.1) is 16.2 Å². The molecular weight excluding hydrogens is 378 g/mol. The maximum atomic E-state index is 12.8.